The Balaban J connectivity index is 2.53. The first-order valence-corrected chi connectivity index (χ1v) is 4.82. The molecule has 0 aliphatic carbocycles. The van der Waals surface area contributed by atoms with Gasteiger partial charge in [-0.1, -0.05) is 0 Å². The first-order valence-electron chi connectivity index (χ1n) is 4.82. The lowest BCUT2D eigenvalue weighted by Gasteiger charge is -1.99. The van der Waals surface area contributed by atoms with Gasteiger partial charge in [-0.05, 0) is 19.4 Å². The molecule has 2 heterocycles. The minimum atomic E-state index is -0.279. The molecule has 0 fully saturated rings. The van der Waals surface area contributed by atoms with Gasteiger partial charge >= 0.3 is 5.97 Å². The second-order valence-electron chi connectivity index (χ2n) is 3.26. The number of hydrogen-bond acceptors (Lipinski definition) is 3. The Bertz CT molecular complexity index is 502. The van der Waals surface area contributed by atoms with Gasteiger partial charge in [-0.2, -0.15) is 0 Å². The molecule has 0 spiro atoms. The van der Waals surface area contributed by atoms with Crippen LogP contribution in [0, 0.1) is 6.92 Å². The van der Waals surface area contributed by atoms with E-state index in [0.717, 1.165) is 11.1 Å². The van der Waals surface area contributed by atoms with Crippen LogP contribution in [0.15, 0.2) is 24.8 Å². The number of hydrogen-bond donors (Lipinski definition) is 0. The molecule has 0 radical (unpaired) electrons. The summed E-state index contributed by atoms with van der Waals surface area (Å²) in [6, 6.07) is 0. The van der Waals surface area contributed by atoms with Gasteiger partial charge in [0.25, 0.3) is 0 Å². The summed E-state index contributed by atoms with van der Waals surface area (Å²) in [6.07, 6.45) is 6.99. The van der Waals surface area contributed by atoms with Crippen molar-refractivity contribution in [3.8, 4) is 0 Å². The molecule has 2 rings (SSSR count). The Morgan fingerprint density at radius 1 is 1.60 bits per heavy atom. The van der Waals surface area contributed by atoms with Crippen LogP contribution in [-0.4, -0.2) is 22.0 Å². The van der Waals surface area contributed by atoms with E-state index in [9.17, 15) is 4.79 Å². The highest BCUT2D eigenvalue weighted by Gasteiger charge is 2.14. The molecule has 0 saturated heterocycles. The van der Waals surface area contributed by atoms with Gasteiger partial charge in [0.2, 0.25) is 0 Å². The van der Waals surface area contributed by atoms with Crippen LogP contribution in [0.2, 0.25) is 0 Å². The molecule has 15 heavy (non-hydrogen) atoms. The van der Waals surface area contributed by atoms with Crippen molar-refractivity contribution >= 4 is 11.5 Å². The van der Waals surface area contributed by atoms with Crippen LogP contribution in [0.25, 0.3) is 5.52 Å². The first kappa shape index (κ1) is 9.71. The average molecular weight is 204 g/mol. The smallest absolute Gasteiger partial charge is 0.339 e. The van der Waals surface area contributed by atoms with E-state index in [1.54, 1.807) is 25.5 Å². The second kappa shape index (κ2) is 3.73. The summed E-state index contributed by atoms with van der Waals surface area (Å²) in [7, 11) is 0. The van der Waals surface area contributed by atoms with E-state index in [2.05, 4.69) is 4.98 Å². The minimum Gasteiger partial charge on any atom is -0.462 e. The van der Waals surface area contributed by atoms with Crippen molar-refractivity contribution in [2.24, 2.45) is 0 Å². The lowest BCUT2D eigenvalue weighted by atomic mass is 10.2. The minimum absolute atomic E-state index is 0.279. The van der Waals surface area contributed by atoms with Crippen LogP contribution in [0.4, 0.5) is 0 Å². The highest BCUT2D eigenvalue weighted by Crippen LogP contribution is 2.17. The maximum absolute atomic E-state index is 11.6. The third kappa shape index (κ3) is 1.58. The number of carbonyl (C=O) groups excluding carboxylic acids is 1. The fourth-order valence-corrected chi connectivity index (χ4v) is 1.56. The van der Waals surface area contributed by atoms with Crippen LogP contribution >= 0.6 is 0 Å². The average Bonchev–Trinajstić information content (AvgIpc) is 2.57. The van der Waals surface area contributed by atoms with Gasteiger partial charge in [0.15, 0.2) is 0 Å². The molecule has 0 aliphatic heterocycles. The molecule has 2 aromatic heterocycles. The van der Waals surface area contributed by atoms with E-state index >= 15 is 0 Å². The van der Waals surface area contributed by atoms with E-state index in [4.69, 9.17) is 4.74 Å². The molecule has 4 heteroatoms. The topological polar surface area (TPSA) is 43.6 Å². The molecule has 0 aromatic carbocycles. The normalized spacial score (nSPS) is 10.5. The molecule has 0 saturated carbocycles. The lowest BCUT2D eigenvalue weighted by Crippen LogP contribution is -2.04. The van der Waals surface area contributed by atoms with Crippen LogP contribution in [0.5, 0.6) is 0 Å². The molecule has 0 amide bonds. The molecule has 0 atom stereocenters. The van der Waals surface area contributed by atoms with Crippen molar-refractivity contribution < 1.29 is 9.53 Å². The number of carbonyl (C=O) groups is 1. The number of esters is 1. The molecule has 0 bridgehead atoms. The Labute approximate surface area is 87.5 Å². The van der Waals surface area contributed by atoms with Gasteiger partial charge in [-0.25, -0.2) is 4.79 Å². The van der Waals surface area contributed by atoms with Gasteiger partial charge < -0.3 is 9.14 Å². The lowest BCUT2D eigenvalue weighted by molar-refractivity contribution is 0.0526. The monoisotopic (exact) mass is 204 g/mol. The Kier molecular flexibility index (Phi) is 2.41. The molecule has 0 N–H and O–H groups in total. The van der Waals surface area contributed by atoms with Crippen molar-refractivity contribution in [3.63, 3.8) is 0 Å². The Hall–Kier alpha value is -1.84. The Morgan fingerprint density at radius 2 is 2.40 bits per heavy atom. The predicted molar refractivity (Wildman–Crippen MR) is 55.9 cm³/mol. The molecule has 0 unspecified atom stereocenters. The zero-order valence-corrected chi connectivity index (χ0v) is 8.73. The largest absolute Gasteiger partial charge is 0.462 e. The number of aryl methyl sites for hydroxylation is 1. The third-order valence-electron chi connectivity index (χ3n) is 2.34. The third-order valence-corrected chi connectivity index (χ3v) is 2.34. The van der Waals surface area contributed by atoms with E-state index < -0.39 is 0 Å². The summed E-state index contributed by atoms with van der Waals surface area (Å²) < 4.78 is 6.84. The van der Waals surface area contributed by atoms with Gasteiger partial charge in [-0.3, -0.25) is 4.98 Å². The second-order valence-corrected chi connectivity index (χ2v) is 3.26. The van der Waals surface area contributed by atoms with Crippen molar-refractivity contribution in [3.05, 3.63) is 35.9 Å². The molecule has 78 valence electrons. The van der Waals surface area contributed by atoms with Gasteiger partial charge in [0.1, 0.15) is 0 Å². The maximum atomic E-state index is 11.6. The van der Waals surface area contributed by atoms with Gasteiger partial charge in [-0.15, -0.1) is 0 Å². The highest BCUT2D eigenvalue weighted by molar-refractivity contribution is 5.93. The quantitative estimate of drug-likeness (QED) is 0.701. The van der Waals surface area contributed by atoms with E-state index in [-0.39, 0.29) is 5.97 Å². The van der Waals surface area contributed by atoms with Crippen LogP contribution in [0.3, 0.4) is 0 Å². The van der Waals surface area contributed by atoms with E-state index in [1.165, 1.54) is 0 Å². The van der Waals surface area contributed by atoms with Gasteiger partial charge in [0, 0.05) is 18.6 Å². The zero-order chi connectivity index (χ0) is 10.8. The summed E-state index contributed by atoms with van der Waals surface area (Å²) in [5, 5.41) is 0. The number of nitrogens with zero attached hydrogens (tertiary/aromatic N) is 2. The number of aromatic nitrogens is 2. The summed E-state index contributed by atoms with van der Waals surface area (Å²) >= 11 is 0. The molecular weight excluding hydrogens is 192 g/mol. The fraction of sp³-hybridized carbons (Fsp3) is 0.273. The number of rotatable bonds is 2. The van der Waals surface area contributed by atoms with Crippen molar-refractivity contribution in [2.45, 2.75) is 13.8 Å². The van der Waals surface area contributed by atoms with Crippen LogP contribution in [-0.2, 0) is 4.74 Å². The van der Waals surface area contributed by atoms with Crippen molar-refractivity contribution in [1.82, 2.24) is 9.38 Å². The molecule has 2 aromatic rings. The number of ether oxygens (including phenoxy) is 1. The van der Waals surface area contributed by atoms with Crippen molar-refractivity contribution in [1.29, 1.82) is 0 Å². The van der Waals surface area contributed by atoms with E-state index in [1.807, 2.05) is 17.5 Å². The number of fused-ring (bicyclic) bond motifs is 1. The summed E-state index contributed by atoms with van der Waals surface area (Å²) in [5.74, 6) is -0.279. The zero-order valence-electron chi connectivity index (χ0n) is 8.73. The van der Waals surface area contributed by atoms with Crippen molar-refractivity contribution in [2.75, 3.05) is 6.61 Å². The summed E-state index contributed by atoms with van der Waals surface area (Å²) in [6.45, 7) is 4.08. The SMILES string of the molecule is CCOC(=O)c1cn2ccncc2c1C. The standard InChI is InChI=1S/C11H12N2O2/c1-3-15-11(14)9-7-13-5-4-12-6-10(13)8(9)2/h4-7H,3H2,1-2H3. The fourth-order valence-electron chi connectivity index (χ4n) is 1.56. The van der Waals surface area contributed by atoms with Crippen LogP contribution in [0.1, 0.15) is 22.8 Å². The van der Waals surface area contributed by atoms with Gasteiger partial charge in [0.05, 0.1) is 23.9 Å². The summed E-state index contributed by atoms with van der Waals surface area (Å²) in [5.41, 5.74) is 2.44. The van der Waals surface area contributed by atoms with Crippen LogP contribution < -0.4 is 0 Å². The van der Waals surface area contributed by atoms with E-state index in [0.29, 0.717) is 12.2 Å². The predicted octanol–water partition coefficient (Wildman–Crippen LogP) is 1.82. The maximum Gasteiger partial charge on any atom is 0.339 e. The summed E-state index contributed by atoms with van der Waals surface area (Å²) in [4.78, 5) is 15.6. The molecule has 4 nitrogen and oxygen atoms in total. The molecule has 0 aliphatic rings. The Morgan fingerprint density at radius 3 is 3.07 bits per heavy atom. The highest BCUT2D eigenvalue weighted by atomic mass is 16.5. The molecular formula is C11H12N2O2. The first-order chi connectivity index (χ1) is 7.24.